The molecule has 27 heavy (non-hydrogen) atoms. The van der Waals surface area contributed by atoms with E-state index in [0.717, 1.165) is 37.0 Å². The van der Waals surface area contributed by atoms with Gasteiger partial charge in [0, 0.05) is 6.42 Å². The molecule has 4 rings (SSSR count). The summed E-state index contributed by atoms with van der Waals surface area (Å²) in [6.45, 7) is 0. The van der Waals surface area contributed by atoms with Crippen molar-refractivity contribution in [2.24, 2.45) is 4.40 Å². The Hall–Kier alpha value is -1.24. The maximum atomic E-state index is 14.1. The highest BCUT2D eigenvalue weighted by molar-refractivity contribution is 7.99. The van der Waals surface area contributed by atoms with Gasteiger partial charge in [-0.05, 0) is 71.7 Å². The molecule has 0 bridgehead atoms. The first-order valence-electron chi connectivity index (χ1n) is 8.30. The first-order valence-corrected chi connectivity index (χ1v) is 9.83. The molecule has 0 fully saturated rings. The average Bonchev–Trinajstić information content (AvgIpc) is 3.25. The van der Waals surface area contributed by atoms with Crippen molar-refractivity contribution in [1.82, 2.24) is 0 Å². The summed E-state index contributed by atoms with van der Waals surface area (Å²) in [7, 11) is 0. The number of alkyl halides is 3. The van der Waals surface area contributed by atoms with Crippen molar-refractivity contribution in [2.45, 2.75) is 36.6 Å². The van der Waals surface area contributed by atoms with Gasteiger partial charge in [0.1, 0.15) is 0 Å². The number of hydrogen-bond donors (Lipinski definition) is 0. The Morgan fingerprint density at radius 3 is 2.33 bits per heavy atom. The van der Waals surface area contributed by atoms with Gasteiger partial charge in [-0.15, -0.1) is 0 Å². The van der Waals surface area contributed by atoms with Crippen molar-refractivity contribution in [3.8, 4) is 0 Å². The number of halogens is 6. The summed E-state index contributed by atoms with van der Waals surface area (Å²) in [6.07, 6.45) is -2.01. The van der Waals surface area contributed by atoms with Crippen LogP contribution in [0.4, 0.5) is 17.6 Å². The number of benzene rings is 2. The summed E-state index contributed by atoms with van der Waals surface area (Å²) in [4.78, 5) is 0. The molecule has 0 saturated heterocycles. The molecule has 1 aliphatic carbocycles. The van der Waals surface area contributed by atoms with Crippen LogP contribution in [0, 0.1) is 5.82 Å². The molecule has 1 heterocycles. The van der Waals surface area contributed by atoms with E-state index in [1.807, 2.05) is 18.2 Å². The van der Waals surface area contributed by atoms with Gasteiger partial charge in [0.25, 0.3) is 0 Å². The van der Waals surface area contributed by atoms with E-state index in [1.165, 1.54) is 5.56 Å². The Morgan fingerprint density at radius 2 is 1.67 bits per heavy atom. The van der Waals surface area contributed by atoms with Crippen molar-refractivity contribution in [1.29, 1.82) is 0 Å². The predicted molar refractivity (Wildman–Crippen MR) is 101 cm³/mol. The van der Waals surface area contributed by atoms with E-state index in [2.05, 4.69) is 4.40 Å². The summed E-state index contributed by atoms with van der Waals surface area (Å²) in [5.74, 6) is -0.929. The van der Waals surface area contributed by atoms with Gasteiger partial charge in [0.05, 0.1) is 15.8 Å². The lowest BCUT2D eigenvalue weighted by Crippen LogP contribution is -2.38. The second-order valence-electron chi connectivity index (χ2n) is 6.72. The third kappa shape index (κ3) is 3.15. The second kappa shape index (κ2) is 6.68. The first-order chi connectivity index (χ1) is 12.7. The van der Waals surface area contributed by atoms with Gasteiger partial charge in [-0.1, -0.05) is 35.3 Å². The monoisotopic (exact) mass is 433 g/mol. The maximum Gasteiger partial charge on any atom is 0.409 e. The lowest BCUT2D eigenvalue weighted by atomic mass is 9.89. The van der Waals surface area contributed by atoms with Crippen molar-refractivity contribution in [3.05, 3.63) is 68.4 Å². The normalized spacial score (nSPS) is 22.1. The van der Waals surface area contributed by atoms with Crippen LogP contribution in [0.15, 0.2) is 34.7 Å². The van der Waals surface area contributed by atoms with Crippen molar-refractivity contribution < 1.29 is 17.6 Å². The van der Waals surface area contributed by atoms with Gasteiger partial charge in [-0.3, -0.25) is 0 Å². The smallest absolute Gasteiger partial charge is 0.219 e. The Kier molecular flexibility index (Phi) is 4.72. The fourth-order valence-corrected chi connectivity index (χ4v) is 5.05. The van der Waals surface area contributed by atoms with Gasteiger partial charge in [-0.25, -0.2) is 8.79 Å². The van der Waals surface area contributed by atoms with E-state index >= 15 is 0 Å². The third-order valence-electron chi connectivity index (χ3n) is 5.07. The fraction of sp³-hybridized carbons (Fsp3) is 0.316. The van der Waals surface area contributed by atoms with E-state index in [9.17, 15) is 17.6 Å². The molecule has 1 aliphatic heterocycles. The minimum absolute atomic E-state index is 0.198. The zero-order chi connectivity index (χ0) is 19.4. The van der Waals surface area contributed by atoms with Crippen LogP contribution in [0.3, 0.4) is 0 Å². The Balaban J connectivity index is 1.74. The molecule has 0 N–H and O–H groups in total. The molecule has 0 saturated carbocycles. The zero-order valence-corrected chi connectivity index (χ0v) is 16.2. The highest BCUT2D eigenvalue weighted by Gasteiger charge is 2.60. The molecular weight excluding hydrogens is 421 g/mol. The zero-order valence-electron chi connectivity index (χ0n) is 13.8. The summed E-state index contributed by atoms with van der Waals surface area (Å²) in [5.41, 5.74) is 3.26. The average molecular weight is 434 g/mol. The number of nitrogens with zero attached hydrogens (tertiary/aromatic N) is 1. The van der Waals surface area contributed by atoms with Gasteiger partial charge >= 0.3 is 6.18 Å². The molecule has 0 aromatic heterocycles. The third-order valence-corrected chi connectivity index (χ3v) is 6.85. The highest BCUT2D eigenvalue weighted by atomic mass is 35.5. The number of rotatable bonds is 2. The molecule has 142 valence electrons. The van der Waals surface area contributed by atoms with E-state index in [0.29, 0.717) is 23.2 Å². The molecule has 1 unspecified atom stereocenters. The topological polar surface area (TPSA) is 12.4 Å². The lowest BCUT2D eigenvalue weighted by Gasteiger charge is -2.30. The van der Waals surface area contributed by atoms with E-state index in [-0.39, 0.29) is 12.0 Å². The van der Waals surface area contributed by atoms with Crippen molar-refractivity contribution in [2.75, 3.05) is 0 Å². The Labute approximate surface area is 167 Å². The van der Waals surface area contributed by atoms with Crippen LogP contribution in [0.25, 0.3) is 0 Å². The van der Waals surface area contributed by atoms with Crippen LogP contribution < -0.4 is 0 Å². The van der Waals surface area contributed by atoms with Crippen LogP contribution >= 0.6 is 35.1 Å². The van der Waals surface area contributed by atoms with Crippen LogP contribution in [-0.2, 0) is 17.6 Å². The molecule has 0 spiro atoms. The minimum atomic E-state index is -4.62. The van der Waals surface area contributed by atoms with Crippen molar-refractivity contribution >= 4 is 40.9 Å². The Morgan fingerprint density at radius 1 is 1.00 bits per heavy atom. The summed E-state index contributed by atoms with van der Waals surface area (Å²) < 4.78 is 57.8. The molecule has 0 radical (unpaired) electrons. The fourth-order valence-electron chi connectivity index (χ4n) is 3.60. The lowest BCUT2D eigenvalue weighted by molar-refractivity contribution is -0.159. The summed E-state index contributed by atoms with van der Waals surface area (Å²) in [6, 6.07) is 7.69. The van der Waals surface area contributed by atoms with Gasteiger partial charge in [0.15, 0.2) is 10.6 Å². The largest absolute Gasteiger partial charge is 0.409 e. The second-order valence-corrected chi connectivity index (χ2v) is 8.60. The van der Waals surface area contributed by atoms with Crippen molar-refractivity contribution in [3.63, 3.8) is 0 Å². The number of hydrogen-bond acceptors (Lipinski definition) is 2. The molecule has 1 atom stereocenters. The first kappa shape index (κ1) is 19.1. The highest BCUT2D eigenvalue weighted by Crippen LogP contribution is 2.57. The molecular formula is C19H13Cl2F4NS. The molecule has 8 heteroatoms. The Bertz CT molecular complexity index is 934. The van der Waals surface area contributed by atoms with Crippen LogP contribution in [-0.4, -0.2) is 11.9 Å². The predicted octanol–water partition coefficient (Wildman–Crippen LogP) is 6.92. The molecule has 1 nitrogen and oxygen atoms in total. The van der Waals surface area contributed by atoms with Crippen LogP contribution in [0.1, 0.15) is 35.1 Å². The number of fused-ring (bicyclic) bond motifs is 1. The molecule has 0 amide bonds. The SMILES string of the molecule is Fc1c(Cl)cc(C2(C(F)(F)F)CC(c3ccc4c(c3)CCC4)=NS2)cc1Cl. The minimum Gasteiger partial charge on any atom is -0.219 e. The number of aryl methyl sites for hydroxylation is 2. The molecule has 2 aromatic carbocycles. The van der Waals surface area contributed by atoms with E-state index in [1.54, 1.807) is 0 Å². The molecule has 2 aromatic rings. The standard InChI is InChI=1S/C19H13Cl2F4NS/c20-14-7-13(8-15(21)17(14)22)18(19(23,24)25)9-16(26-27-18)12-5-4-10-2-1-3-11(10)6-12/h4-8H,1-3,9H2. The van der Waals surface area contributed by atoms with Gasteiger partial charge in [0.2, 0.25) is 0 Å². The summed E-state index contributed by atoms with van der Waals surface area (Å²) >= 11 is 11.9. The maximum absolute atomic E-state index is 14.1. The van der Waals surface area contributed by atoms with Crippen LogP contribution in [0.2, 0.25) is 10.0 Å². The van der Waals surface area contributed by atoms with E-state index < -0.39 is 26.8 Å². The summed E-state index contributed by atoms with van der Waals surface area (Å²) in [5, 5.41) is -0.875. The van der Waals surface area contributed by atoms with Gasteiger partial charge < -0.3 is 0 Å². The molecule has 2 aliphatic rings. The van der Waals surface area contributed by atoms with Crippen LogP contribution in [0.5, 0.6) is 0 Å². The van der Waals surface area contributed by atoms with Gasteiger partial charge in [-0.2, -0.15) is 13.2 Å². The van der Waals surface area contributed by atoms with E-state index in [4.69, 9.17) is 23.2 Å². The quantitative estimate of drug-likeness (QED) is 0.284.